The Bertz CT molecular complexity index is 233. The van der Waals surface area contributed by atoms with Crippen LogP contribution in [0.1, 0.15) is 2.85 Å². The maximum Gasteiger partial charge on any atom is 2.00 e. The molecule has 0 aromatic heterocycles. The number of para-hydroxylation sites is 1. The zero-order valence-electron chi connectivity index (χ0n) is 8.36. The van der Waals surface area contributed by atoms with Crippen LogP contribution in [0.3, 0.4) is 0 Å². The molecule has 4 heteroatoms. The molecule has 1 aromatic carbocycles. The average Bonchev–Trinajstić information content (AvgIpc) is 1.88. The summed E-state index contributed by atoms with van der Waals surface area (Å²) < 4.78 is 15.5. The van der Waals surface area contributed by atoms with Crippen LogP contribution in [0.2, 0.25) is 0 Å². The Labute approximate surface area is 99.8 Å². The summed E-state index contributed by atoms with van der Waals surface area (Å²) >= 11 is 0. The van der Waals surface area contributed by atoms with Crippen LogP contribution in [-0.4, -0.2) is 44.4 Å². The van der Waals surface area contributed by atoms with Gasteiger partial charge in [0.2, 0.25) is 0 Å². The van der Waals surface area contributed by atoms with Gasteiger partial charge in [0.25, 0.3) is 0 Å². The molecule has 0 heterocycles. The Balaban J connectivity index is -0.000000333. The van der Waals surface area contributed by atoms with Gasteiger partial charge in [-0.3, -0.25) is 4.52 Å². The minimum absolute atomic E-state index is 0. The molecule has 0 aliphatic rings. The molecule has 0 fully saturated rings. The van der Waals surface area contributed by atoms with Crippen LogP contribution in [0, 0.1) is 0 Å². The molecule has 2 nitrogen and oxygen atoms in total. The molecular formula is C7H10CaO2P+. The summed E-state index contributed by atoms with van der Waals surface area (Å²) in [4.78, 5) is 0. The van der Waals surface area contributed by atoms with E-state index in [1.54, 1.807) is 12.1 Å². The first-order valence-corrected chi connectivity index (χ1v) is 4.55. The Hall–Kier alpha value is 0.380. The van der Waals surface area contributed by atoms with Gasteiger partial charge >= 0.3 is 45.8 Å². The van der Waals surface area contributed by atoms with E-state index in [0.717, 1.165) is 0 Å². The molecule has 11 heavy (non-hydrogen) atoms. The first-order valence-electron chi connectivity index (χ1n) is 2.93. The van der Waals surface area contributed by atoms with Crippen molar-refractivity contribution in [2.24, 2.45) is 0 Å². The van der Waals surface area contributed by atoms with Crippen LogP contribution >= 0.6 is 8.03 Å². The predicted octanol–water partition coefficient (Wildman–Crippen LogP) is 2.28. The second-order valence-corrected chi connectivity index (χ2v) is 2.91. The van der Waals surface area contributed by atoms with Crippen LogP contribution < -0.4 is 4.52 Å². The van der Waals surface area contributed by atoms with Crippen molar-refractivity contribution >= 4 is 45.8 Å². The topological polar surface area (TPSA) is 26.3 Å². The minimum atomic E-state index is -1.53. The minimum Gasteiger partial charge on any atom is -1.00 e. The van der Waals surface area contributed by atoms with Gasteiger partial charge in [0.1, 0.15) is 0 Å². The van der Waals surface area contributed by atoms with Crippen molar-refractivity contribution in [1.82, 2.24) is 0 Å². The van der Waals surface area contributed by atoms with Gasteiger partial charge in [-0.1, -0.05) is 18.2 Å². The van der Waals surface area contributed by atoms with E-state index in [1.165, 1.54) is 6.66 Å². The third-order valence-corrected chi connectivity index (χ3v) is 1.45. The van der Waals surface area contributed by atoms with Gasteiger partial charge in [-0.05, 0) is 16.7 Å². The molecule has 1 rings (SSSR count). The number of hydrogen-bond acceptors (Lipinski definition) is 2. The van der Waals surface area contributed by atoms with Gasteiger partial charge in [-0.25, -0.2) is 0 Å². The van der Waals surface area contributed by atoms with Gasteiger partial charge < -0.3 is 2.85 Å². The van der Waals surface area contributed by atoms with Crippen LogP contribution in [0.5, 0.6) is 5.75 Å². The third kappa shape index (κ3) is 4.76. The van der Waals surface area contributed by atoms with Crippen LogP contribution in [0.15, 0.2) is 30.3 Å². The summed E-state index contributed by atoms with van der Waals surface area (Å²) in [6.07, 6.45) is 0. The first kappa shape index (κ1) is 11.4. The molecule has 0 spiro atoms. The first-order chi connectivity index (χ1) is 4.79. The predicted molar refractivity (Wildman–Crippen MR) is 48.6 cm³/mol. The number of rotatable bonds is 2. The molecule has 1 aromatic rings. The molecular weight excluding hydrogens is 187 g/mol. The SMILES string of the molecule is C[P+](=O)Oc1ccccc1.[Ca+2].[H-].[H-]. The van der Waals surface area contributed by atoms with Crippen molar-refractivity contribution in [1.29, 1.82) is 0 Å². The Morgan fingerprint density at radius 3 is 2.36 bits per heavy atom. The molecule has 0 aliphatic carbocycles. The fraction of sp³-hybridized carbons (Fsp3) is 0.143. The quantitative estimate of drug-likeness (QED) is 0.537. The van der Waals surface area contributed by atoms with Crippen LogP contribution in [0.4, 0.5) is 0 Å². The van der Waals surface area contributed by atoms with Gasteiger partial charge in [0.05, 0.1) is 0 Å². The van der Waals surface area contributed by atoms with Crippen molar-refractivity contribution in [2.45, 2.75) is 0 Å². The zero-order chi connectivity index (χ0) is 7.40. The Morgan fingerprint density at radius 2 is 1.91 bits per heavy atom. The molecule has 1 unspecified atom stereocenters. The normalized spacial score (nSPS) is 9.73. The van der Waals surface area contributed by atoms with Gasteiger partial charge in [0, 0.05) is 0 Å². The summed E-state index contributed by atoms with van der Waals surface area (Å²) in [7, 11) is -1.53. The molecule has 0 radical (unpaired) electrons. The van der Waals surface area contributed by atoms with E-state index >= 15 is 0 Å². The third-order valence-electron chi connectivity index (χ3n) is 0.977. The monoisotopic (exact) mass is 197 g/mol. The van der Waals surface area contributed by atoms with Crippen LogP contribution in [0.25, 0.3) is 0 Å². The fourth-order valence-electron chi connectivity index (χ4n) is 0.630. The van der Waals surface area contributed by atoms with E-state index in [0.29, 0.717) is 5.75 Å². The number of hydrogen-bond donors (Lipinski definition) is 0. The van der Waals surface area contributed by atoms with Gasteiger partial charge in [0.15, 0.2) is 12.4 Å². The summed E-state index contributed by atoms with van der Waals surface area (Å²) in [5.74, 6) is 0.658. The van der Waals surface area contributed by atoms with Crippen molar-refractivity contribution in [3.63, 3.8) is 0 Å². The standard InChI is InChI=1S/C7H8O2P.Ca.2H/c1-10(8)9-7-5-3-2-4-6-7;;;/h2-6H,1H3;;;/q+1;+2;2*-1. The van der Waals surface area contributed by atoms with Crippen molar-refractivity contribution in [3.05, 3.63) is 30.3 Å². The molecule has 0 saturated heterocycles. The van der Waals surface area contributed by atoms with Crippen LogP contribution in [-0.2, 0) is 4.57 Å². The molecule has 0 bridgehead atoms. The van der Waals surface area contributed by atoms with E-state index < -0.39 is 8.03 Å². The van der Waals surface area contributed by atoms with Gasteiger partial charge in [-0.15, -0.1) is 0 Å². The maximum atomic E-state index is 10.5. The second kappa shape index (κ2) is 5.96. The second-order valence-electron chi connectivity index (χ2n) is 1.84. The van der Waals surface area contributed by atoms with E-state index in [9.17, 15) is 4.57 Å². The van der Waals surface area contributed by atoms with Crippen molar-refractivity contribution in [2.75, 3.05) is 6.66 Å². The molecule has 56 valence electrons. The van der Waals surface area contributed by atoms with E-state index in [1.807, 2.05) is 18.2 Å². The van der Waals surface area contributed by atoms with Crippen molar-refractivity contribution < 1.29 is 11.9 Å². The molecule has 0 saturated carbocycles. The summed E-state index contributed by atoms with van der Waals surface area (Å²) in [5, 5.41) is 0. The summed E-state index contributed by atoms with van der Waals surface area (Å²) in [6, 6.07) is 9.12. The van der Waals surface area contributed by atoms with E-state index in [-0.39, 0.29) is 40.6 Å². The largest absolute Gasteiger partial charge is 2.00 e. The summed E-state index contributed by atoms with van der Waals surface area (Å²) in [6.45, 7) is 1.53. The zero-order valence-corrected chi connectivity index (χ0v) is 9.46. The maximum absolute atomic E-state index is 10.5. The smallest absolute Gasteiger partial charge is 1.00 e. The molecule has 0 N–H and O–H groups in total. The fourth-order valence-corrected chi connectivity index (χ4v) is 1.05. The van der Waals surface area contributed by atoms with Crippen molar-refractivity contribution in [3.8, 4) is 5.75 Å². The van der Waals surface area contributed by atoms with E-state index in [2.05, 4.69) is 0 Å². The van der Waals surface area contributed by atoms with E-state index in [4.69, 9.17) is 4.52 Å². The molecule has 0 amide bonds. The average molecular weight is 197 g/mol. The van der Waals surface area contributed by atoms with Gasteiger partial charge in [-0.2, -0.15) is 0 Å². The summed E-state index contributed by atoms with van der Waals surface area (Å²) in [5.41, 5.74) is 0. The Morgan fingerprint density at radius 1 is 1.36 bits per heavy atom. The Kier molecular flexibility index (Phi) is 6.16. The number of benzene rings is 1. The molecule has 1 atom stereocenters. The molecule has 0 aliphatic heterocycles.